The van der Waals surface area contributed by atoms with Crippen molar-refractivity contribution in [1.29, 1.82) is 0 Å². The molecule has 22 heavy (non-hydrogen) atoms. The van der Waals surface area contributed by atoms with Crippen molar-refractivity contribution < 1.29 is 18.4 Å². The Labute approximate surface area is 128 Å². The van der Waals surface area contributed by atoms with E-state index in [2.05, 4.69) is 17.6 Å². The molecule has 0 aliphatic carbocycles. The Kier molecular flexibility index (Phi) is 3.10. The van der Waals surface area contributed by atoms with Crippen LogP contribution in [0.3, 0.4) is 0 Å². The molecule has 2 aliphatic heterocycles. The van der Waals surface area contributed by atoms with Crippen molar-refractivity contribution in [3.05, 3.63) is 58.9 Å². The van der Waals surface area contributed by atoms with Gasteiger partial charge in [-0.2, -0.15) is 0 Å². The fraction of sp³-hybridized carbons (Fsp3) is 0.278. The first-order chi connectivity index (χ1) is 10.7. The molecule has 0 bridgehead atoms. The molecule has 2 aromatic rings. The minimum atomic E-state index is -0.146. The van der Waals surface area contributed by atoms with Crippen LogP contribution in [0.5, 0.6) is 11.5 Å². The van der Waals surface area contributed by atoms with E-state index in [1.54, 1.807) is 6.07 Å². The summed E-state index contributed by atoms with van der Waals surface area (Å²) in [5.74, 6) is 1.48. The molecule has 0 fully saturated rings. The summed E-state index contributed by atoms with van der Waals surface area (Å²) in [5.41, 5.74) is 4.33. The fourth-order valence-electron chi connectivity index (χ4n) is 3.15. The first-order valence-corrected chi connectivity index (χ1v) is 7.47. The van der Waals surface area contributed by atoms with Gasteiger partial charge in [-0.25, -0.2) is 8.97 Å². The molecule has 0 N–H and O–H groups in total. The second-order valence-corrected chi connectivity index (χ2v) is 5.71. The fourth-order valence-corrected chi connectivity index (χ4v) is 3.15. The lowest BCUT2D eigenvalue weighted by atomic mass is 9.96. The summed E-state index contributed by atoms with van der Waals surface area (Å²) in [7, 11) is 0. The highest BCUT2D eigenvalue weighted by atomic mass is 19.1. The molecule has 0 radical (unpaired) electrons. The molecule has 0 spiro atoms. The van der Waals surface area contributed by atoms with E-state index < -0.39 is 0 Å². The van der Waals surface area contributed by atoms with Gasteiger partial charge in [-0.1, -0.05) is 12.1 Å². The van der Waals surface area contributed by atoms with Gasteiger partial charge in [0.2, 0.25) is 6.79 Å². The average Bonchev–Trinajstić information content (AvgIpc) is 2.98. The van der Waals surface area contributed by atoms with E-state index in [9.17, 15) is 4.39 Å². The molecule has 2 aromatic carbocycles. The molecule has 0 saturated carbocycles. The summed E-state index contributed by atoms with van der Waals surface area (Å²) in [5, 5.41) is 0. The van der Waals surface area contributed by atoms with E-state index >= 15 is 0 Å². The van der Waals surface area contributed by atoms with Crippen molar-refractivity contribution in [2.75, 3.05) is 13.3 Å². The van der Waals surface area contributed by atoms with Crippen LogP contribution in [0, 0.1) is 5.82 Å². The number of nitrogens with zero attached hydrogens (tertiary/aromatic N) is 1. The predicted octanol–water partition coefficient (Wildman–Crippen LogP) is 3.13. The number of benzene rings is 2. The molecule has 0 amide bonds. The van der Waals surface area contributed by atoms with Crippen molar-refractivity contribution in [1.82, 2.24) is 0 Å². The highest BCUT2D eigenvalue weighted by Gasteiger charge is 2.27. The van der Waals surface area contributed by atoms with Gasteiger partial charge in [0.25, 0.3) is 0 Å². The van der Waals surface area contributed by atoms with Crippen molar-refractivity contribution in [2.24, 2.45) is 0 Å². The van der Waals surface area contributed by atoms with E-state index in [1.165, 1.54) is 17.2 Å². The minimum Gasteiger partial charge on any atom is -0.454 e. The van der Waals surface area contributed by atoms with Crippen LogP contribution in [0.4, 0.5) is 4.39 Å². The van der Waals surface area contributed by atoms with Gasteiger partial charge >= 0.3 is 0 Å². The Hall–Kier alpha value is -2.36. The van der Waals surface area contributed by atoms with Crippen LogP contribution >= 0.6 is 0 Å². The normalized spacial score (nSPS) is 15.9. The maximum Gasteiger partial charge on any atom is 0.231 e. The van der Waals surface area contributed by atoms with E-state index in [0.717, 1.165) is 35.7 Å². The molecule has 2 heterocycles. The monoisotopic (exact) mass is 298 g/mol. The number of hydrogen-bond acceptors (Lipinski definition) is 2. The first kappa shape index (κ1) is 13.3. The highest BCUT2D eigenvalue weighted by molar-refractivity contribution is 5.97. The number of fused-ring (bicyclic) bond motifs is 2. The number of halogens is 1. The lowest BCUT2D eigenvalue weighted by molar-refractivity contribution is -0.545. The van der Waals surface area contributed by atoms with Crippen LogP contribution in [-0.4, -0.2) is 23.6 Å². The third-order valence-electron chi connectivity index (χ3n) is 4.43. The van der Waals surface area contributed by atoms with Gasteiger partial charge in [0.05, 0.1) is 5.56 Å². The Morgan fingerprint density at radius 3 is 2.73 bits per heavy atom. The number of hydrogen-bond donors (Lipinski definition) is 0. The zero-order chi connectivity index (χ0) is 15.1. The highest BCUT2D eigenvalue weighted by Crippen LogP contribution is 2.36. The zero-order valence-corrected chi connectivity index (χ0v) is 12.4. The summed E-state index contributed by atoms with van der Waals surface area (Å²) >= 11 is 0. The third-order valence-corrected chi connectivity index (χ3v) is 4.43. The van der Waals surface area contributed by atoms with E-state index in [0.29, 0.717) is 6.54 Å². The summed E-state index contributed by atoms with van der Waals surface area (Å²) in [6.07, 6.45) is 0.928. The van der Waals surface area contributed by atoms with Crippen LogP contribution in [0.15, 0.2) is 36.4 Å². The summed E-state index contributed by atoms with van der Waals surface area (Å²) in [6, 6.07) is 11.1. The van der Waals surface area contributed by atoms with Crippen LogP contribution < -0.4 is 9.47 Å². The standard InChI is InChI=1S/C18H17FNO2/c1-12-15-9-18-17(21-11-22-18)8-13(15)6-7-20(12)10-14-4-2-3-5-16(14)19/h2-5,8-9H,6-7,10-11H2,1H3/q+1. The maximum absolute atomic E-state index is 13.9. The molecule has 0 saturated heterocycles. The second kappa shape index (κ2) is 5.13. The Bertz CT molecular complexity index is 783. The molecule has 0 unspecified atom stereocenters. The quantitative estimate of drug-likeness (QED) is 0.794. The molecular formula is C18H17FNO2+. The van der Waals surface area contributed by atoms with Gasteiger partial charge in [0.15, 0.2) is 23.8 Å². The molecule has 0 aromatic heterocycles. The van der Waals surface area contributed by atoms with Gasteiger partial charge in [0.1, 0.15) is 12.4 Å². The second-order valence-electron chi connectivity index (χ2n) is 5.71. The summed E-state index contributed by atoms with van der Waals surface area (Å²) in [4.78, 5) is 0. The van der Waals surface area contributed by atoms with E-state index in [1.807, 2.05) is 18.2 Å². The van der Waals surface area contributed by atoms with Gasteiger partial charge < -0.3 is 9.47 Å². The van der Waals surface area contributed by atoms with Crippen molar-refractivity contribution in [2.45, 2.75) is 19.9 Å². The number of rotatable bonds is 2. The van der Waals surface area contributed by atoms with Gasteiger partial charge in [-0.3, -0.25) is 0 Å². The van der Waals surface area contributed by atoms with Gasteiger partial charge in [-0.15, -0.1) is 0 Å². The zero-order valence-electron chi connectivity index (χ0n) is 12.4. The van der Waals surface area contributed by atoms with E-state index in [4.69, 9.17) is 9.47 Å². The molecule has 4 rings (SSSR count). The Morgan fingerprint density at radius 1 is 1.14 bits per heavy atom. The van der Waals surface area contributed by atoms with Crippen LogP contribution in [0.1, 0.15) is 23.6 Å². The predicted molar refractivity (Wildman–Crippen MR) is 81.3 cm³/mol. The Morgan fingerprint density at radius 2 is 1.91 bits per heavy atom. The van der Waals surface area contributed by atoms with Crippen LogP contribution in [-0.2, 0) is 13.0 Å². The molecule has 2 aliphatic rings. The number of ether oxygens (including phenoxy) is 2. The lowest BCUT2D eigenvalue weighted by Gasteiger charge is -2.17. The van der Waals surface area contributed by atoms with Gasteiger partial charge in [-0.05, 0) is 29.8 Å². The third kappa shape index (κ3) is 2.15. The molecule has 112 valence electrons. The topological polar surface area (TPSA) is 21.5 Å². The smallest absolute Gasteiger partial charge is 0.231 e. The van der Waals surface area contributed by atoms with Crippen LogP contribution in [0.2, 0.25) is 0 Å². The first-order valence-electron chi connectivity index (χ1n) is 7.47. The van der Waals surface area contributed by atoms with E-state index in [-0.39, 0.29) is 12.6 Å². The lowest BCUT2D eigenvalue weighted by Crippen LogP contribution is -2.28. The minimum absolute atomic E-state index is 0.146. The van der Waals surface area contributed by atoms with Crippen molar-refractivity contribution >= 4 is 5.71 Å². The average molecular weight is 298 g/mol. The van der Waals surface area contributed by atoms with Crippen LogP contribution in [0.25, 0.3) is 0 Å². The maximum atomic E-state index is 13.9. The molecule has 4 heteroatoms. The van der Waals surface area contributed by atoms with Gasteiger partial charge in [0, 0.05) is 18.9 Å². The SMILES string of the molecule is CC1=[N+](Cc2ccccc2F)CCc2cc3c(cc21)OCO3. The largest absolute Gasteiger partial charge is 0.454 e. The Balaban J connectivity index is 1.72. The van der Waals surface area contributed by atoms with Crippen molar-refractivity contribution in [3.63, 3.8) is 0 Å². The summed E-state index contributed by atoms with van der Waals surface area (Å²) in [6.45, 7) is 3.84. The molecular weight excluding hydrogens is 281 g/mol. The summed E-state index contributed by atoms with van der Waals surface area (Å²) < 4.78 is 27.0. The molecule has 0 atom stereocenters. The molecule has 3 nitrogen and oxygen atoms in total. The van der Waals surface area contributed by atoms with Crippen molar-refractivity contribution in [3.8, 4) is 11.5 Å².